The van der Waals surface area contributed by atoms with Crippen molar-refractivity contribution in [1.82, 2.24) is 9.80 Å². The molecule has 0 unspecified atom stereocenters. The van der Waals surface area contributed by atoms with Gasteiger partial charge in [0.05, 0.1) is 31.2 Å². The lowest BCUT2D eigenvalue weighted by atomic mass is 9.97. The van der Waals surface area contributed by atoms with E-state index in [2.05, 4.69) is 0 Å². The van der Waals surface area contributed by atoms with E-state index in [1.165, 1.54) is 0 Å². The fourth-order valence-electron chi connectivity index (χ4n) is 3.96. The highest BCUT2D eigenvalue weighted by atomic mass is 16.5. The lowest BCUT2D eigenvalue weighted by Gasteiger charge is -2.28. The van der Waals surface area contributed by atoms with Gasteiger partial charge in [-0.3, -0.25) is 9.59 Å². The summed E-state index contributed by atoms with van der Waals surface area (Å²) in [5.41, 5.74) is 1.22. The molecule has 7 heteroatoms. The minimum absolute atomic E-state index is 0.0901. The van der Waals surface area contributed by atoms with Crippen LogP contribution in [0.25, 0.3) is 11.0 Å². The zero-order valence-corrected chi connectivity index (χ0v) is 17.5. The highest BCUT2D eigenvalue weighted by Gasteiger charge is 2.44. The predicted octanol–water partition coefficient (Wildman–Crippen LogP) is 2.92. The molecule has 1 aromatic heterocycles. The van der Waals surface area contributed by atoms with Gasteiger partial charge in [0.2, 0.25) is 5.76 Å². The van der Waals surface area contributed by atoms with E-state index >= 15 is 0 Å². The number of carbonyl (C=O) groups is 1. The van der Waals surface area contributed by atoms with Crippen LogP contribution in [0.1, 0.15) is 27.7 Å². The number of hydrogen-bond acceptors (Lipinski definition) is 6. The third kappa shape index (κ3) is 3.11. The van der Waals surface area contributed by atoms with Crippen LogP contribution < -0.4 is 14.9 Å². The van der Waals surface area contributed by atoms with E-state index in [4.69, 9.17) is 13.9 Å². The Morgan fingerprint density at radius 1 is 1.03 bits per heavy atom. The van der Waals surface area contributed by atoms with Gasteiger partial charge in [-0.2, -0.15) is 0 Å². The highest BCUT2D eigenvalue weighted by molar-refractivity contribution is 5.99. The van der Waals surface area contributed by atoms with E-state index in [0.717, 1.165) is 0 Å². The van der Waals surface area contributed by atoms with Crippen molar-refractivity contribution in [2.75, 3.05) is 41.4 Å². The van der Waals surface area contributed by atoms with E-state index in [0.29, 0.717) is 46.7 Å². The maximum Gasteiger partial charge on any atom is 0.290 e. The molecule has 0 N–H and O–H groups in total. The average molecular weight is 408 g/mol. The number of ether oxygens (including phenoxy) is 2. The Kier molecular flexibility index (Phi) is 5.22. The van der Waals surface area contributed by atoms with E-state index in [1.54, 1.807) is 49.5 Å². The van der Waals surface area contributed by atoms with E-state index < -0.39 is 6.04 Å². The van der Waals surface area contributed by atoms with Crippen molar-refractivity contribution in [3.63, 3.8) is 0 Å². The number of para-hydroxylation sites is 2. The summed E-state index contributed by atoms with van der Waals surface area (Å²) in [7, 11) is 6.98. The summed E-state index contributed by atoms with van der Waals surface area (Å²) in [4.78, 5) is 30.5. The Bertz CT molecular complexity index is 1170. The number of rotatable bonds is 6. The Morgan fingerprint density at radius 2 is 1.80 bits per heavy atom. The van der Waals surface area contributed by atoms with Gasteiger partial charge in [-0.15, -0.1) is 0 Å². The minimum atomic E-state index is -0.627. The molecule has 1 atom stereocenters. The lowest BCUT2D eigenvalue weighted by molar-refractivity contribution is 0.0715. The molecule has 1 amide bonds. The molecule has 0 radical (unpaired) electrons. The summed E-state index contributed by atoms with van der Waals surface area (Å²) in [5.74, 6) is 0.818. The monoisotopic (exact) mass is 408 g/mol. The first-order valence-electron chi connectivity index (χ1n) is 9.70. The van der Waals surface area contributed by atoms with Crippen molar-refractivity contribution in [2.24, 2.45) is 0 Å². The molecule has 3 aromatic rings. The molecular formula is C23H24N2O5. The molecule has 0 aliphatic carbocycles. The first-order chi connectivity index (χ1) is 14.5. The van der Waals surface area contributed by atoms with Gasteiger partial charge in [-0.25, -0.2) is 0 Å². The van der Waals surface area contributed by atoms with Gasteiger partial charge in [0.1, 0.15) is 5.58 Å². The second kappa shape index (κ2) is 7.84. The SMILES string of the molecule is COc1cccc([C@H]2c3c(oc4ccccc4c3=O)C(=O)N2CCN(C)C)c1OC. The third-order valence-electron chi connectivity index (χ3n) is 5.39. The molecule has 2 aromatic carbocycles. The number of likely N-dealkylation sites (N-methyl/N-ethyl adjacent to an activating group) is 1. The van der Waals surface area contributed by atoms with E-state index in [9.17, 15) is 9.59 Å². The van der Waals surface area contributed by atoms with Crippen LogP contribution in [0.15, 0.2) is 51.7 Å². The summed E-state index contributed by atoms with van der Waals surface area (Å²) in [5, 5.41) is 0.449. The summed E-state index contributed by atoms with van der Waals surface area (Å²) >= 11 is 0. The quantitative estimate of drug-likeness (QED) is 0.625. The fourth-order valence-corrected chi connectivity index (χ4v) is 3.96. The Labute approximate surface area is 174 Å². The molecule has 7 nitrogen and oxygen atoms in total. The average Bonchev–Trinajstić information content (AvgIpc) is 3.03. The van der Waals surface area contributed by atoms with Crippen LogP contribution in [-0.2, 0) is 0 Å². The van der Waals surface area contributed by atoms with E-state index in [-0.39, 0.29) is 17.1 Å². The molecule has 1 aliphatic heterocycles. The number of amides is 1. The topological polar surface area (TPSA) is 72.2 Å². The molecule has 0 spiro atoms. The molecular weight excluding hydrogens is 384 g/mol. The number of benzene rings is 2. The van der Waals surface area contributed by atoms with Gasteiger partial charge < -0.3 is 23.7 Å². The maximum absolute atomic E-state index is 13.5. The number of methoxy groups -OCH3 is 2. The zero-order chi connectivity index (χ0) is 21.4. The first-order valence-corrected chi connectivity index (χ1v) is 9.70. The van der Waals surface area contributed by atoms with Crippen molar-refractivity contribution in [3.05, 3.63) is 69.6 Å². The summed E-state index contributed by atoms with van der Waals surface area (Å²) < 4.78 is 17.0. The Balaban J connectivity index is 1.99. The molecule has 0 saturated heterocycles. The van der Waals surface area contributed by atoms with Gasteiger partial charge in [0.25, 0.3) is 5.91 Å². The van der Waals surface area contributed by atoms with Crippen LogP contribution in [0, 0.1) is 0 Å². The number of carbonyl (C=O) groups excluding carboxylic acids is 1. The summed E-state index contributed by atoms with van der Waals surface area (Å²) in [6, 6.07) is 11.8. The minimum Gasteiger partial charge on any atom is -0.493 e. The van der Waals surface area contributed by atoms with Crippen molar-refractivity contribution < 1.29 is 18.7 Å². The number of fused-ring (bicyclic) bond motifs is 2. The van der Waals surface area contributed by atoms with Gasteiger partial charge >= 0.3 is 0 Å². The van der Waals surface area contributed by atoms with Crippen molar-refractivity contribution in [1.29, 1.82) is 0 Å². The van der Waals surface area contributed by atoms with Crippen LogP contribution in [0.3, 0.4) is 0 Å². The van der Waals surface area contributed by atoms with Gasteiger partial charge in [-0.1, -0.05) is 24.3 Å². The van der Waals surface area contributed by atoms with Crippen LogP contribution in [-0.4, -0.2) is 57.1 Å². The van der Waals surface area contributed by atoms with Gasteiger partial charge in [0, 0.05) is 18.7 Å². The van der Waals surface area contributed by atoms with Crippen molar-refractivity contribution in [3.8, 4) is 11.5 Å². The Hall–Kier alpha value is -3.32. The zero-order valence-electron chi connectivity index (χ0n) is 17.5. The number of nitrogens with zero attached hydrogens (tertiary/aromatic N) is 2. The van der Waals surface area contributed by atoms with Crippen LogP contribution in [0.2, 0.25) is 0 Å². The van der Waals surface area contributed by atoms with Crippen molar-refractivity contribution in [2.45, 2.75) is 6.04 Å². The second-order valence-corrected chi connectivity index (χ2v) is 7.46. The first kappa shape index (κ1) is 20.0. The number of hydrogen-bond donors (Lipinski definition) is 0. The molecule has 30 heavy (non-hydrogen) atoms. The molecule has 0 bridgehead atoms. The molecule has 2 heterocycles. The Morgan fingerprint density at radius 3 is 2.50 bits per heavy atom. The molecule has 0 saturated carbocycles. The molecule has 156 valence electrons. The van der Waals surface area contributed by atoms with Crippen molar-refractivity contribution >= 4 is 16.9 Å². The fraction of sp³-hybridized carbons (Fsp3) is 0.304. The maximum atomic E-state index is 13.5. The summed E-state index contributed by atoms with van der Waals surface area (Å²) in [6.07, 6.45) is 0. The predicted molar refractivity (Wildman–Crippen MR) is 113 cm³/mol. The van der Waals surface area contributed by atoms with Gasteiger partial charge in [0.15, 0.2) is 16.9 Å². The smallest absolute Gasteiger partial charge is 0.290 e. The largest absolute Gasteiger partial charge is 0.493 e. The second-order valence-electron chi connectivity index (χ2n) is 7.46. The van der Waals surface area contributed by atoms with Gasteiger partial charge in [-0.05, 0) is 32.3 Å². The van der Waals surface area contributed by atoms with Crippen LogP contribution in [0.5, 0.6) is 11.5 Å². The normalized spacial score (nSPS) is 15.7. The van der Waals surface area contributed by atoms with Crippen LogP contribution >= 0.6 is 0 Å². The van der Waals surface area contributed by atoms with Crippen LogP contribution in [0.4, 0.5) is 0 Å². The van der Waals surface area contributed by atoms with E-state index in [1.807, 2.05) is 31.1 Å². The molecule has 1 aliphatic rings. The highest BCUT2D eigenvalue weighted by Crippen LogP contribution is 2.44. The lowest BCUT2D eigenvalue weighted by Crippen LogP contribution is -2.35. The standard InChI is InChI=1S/C23H24N2O5/c1-24(2)12-13-25-19(15-9-7-11-17(28-3)21(15)29-4)18-20(26)14-8-5-6-10-16(14)30-22(18)23(25)27/h5-11,19H,12-13H2,1-4H3/t19-/m0/s1. The molecule has 4 rings (SSSR count). The third-order valence-corrected chi connectivity index (χ3v) is 5.39. The summed E-state index contributed by atoms with van der Waals surface area (Å²) in [6.45, 7) is 1.06. The molecule has 0 fully saturated rings.